The predicted molar refractivity (Wildman–Crippen MR) is 87.1 cm³/mol. The van der Waals surface area contributed by atoms with E-state index in [4.69, 9.17) is 11.6 Å². The van der Waals surface area contributed by atoms with Crippen molar-refractivity contribution in [3.05, 3.63) is 60.5 Å². The van der Waals surface area contributed by atoms with Crippen LogP contribution in [0.5, 0.6) is 0 Å². The Morgan fingerprint density at radius 3 is 2.26 bits per heavy atom. The molecule has 0 aromatic heterocycles. The molecule has 0 heterocycles. The molecular weight excluding hydrogens is 256 g/mol. The molecule has 19 heavy (non-hydrogen) atoms. The van der Waals surface area contributed by atoms with Crippen LogP contribution in [0.3, 0.4) is 0 Å². The van der Waals surface area contributed by atoms with Gasteiger partial charge >= 0.3 is 0 Å². The number of halogens is 1. The summed E-state index contributed by atoms with van der Waals surface area (Å²) < 4.78 is 0. The lowest BCUT2D eigenvalue weighted by atomic mass is 10.2. The molecule has 0 bridgehead atoms. The van der Waals surface area contributed by atoms with E-state index in [1.54, 1.807) is 6.08 Å². The van der Waals surface area contributed by atoms with Gasteiger partial charge < -0.3 is 9.80 Å². The Kier molecular flexibility index (Phi) is 9.02. The van der Waals surface area contributed by atoms with Gasteiger partial charge in [-0.3, -0.25) is 0 Å². The molecule has 0 rings (SSSR count). The molecular formula is C16H25ClN2. The van der Waals surface area contributed by atoms with E-state index in [1.165, 1.54) is 0 Å². The molecule has 0 unspecified atom stereocenters. The molecule has 2 nitrogen and oxygen atoms in total. The van der Waals surface area contributed by atoms with Gasteiger partial charge in [-0.1, -0.05) is 43.5 Å². The minimum atomic E-state index is 0.711. The quantitative estimate of drug-likeness (QED) is 0.586. The van der Waals surface area contributed by atoms with Crippen molar-refractivity contribution in [2.24, 2.45) is 0 Å². The maximum Gasteiger partial charge on any atom is 0.0349 e. The summed E-state index contributed by atoms with van der Waals surface area (Å²) >= 11 is 5.91. The Labute approximate surface area is 123 Å². The van der Waals surface area contributed by atoms with Crippen molar-refractivity contribution in [1.82, 2.24) is 9.80 Å². The Morgan fingerprint density at radius 2 is 1.79 bits per heavy atom. The van der Waals surface area contributed by atoms with Gasteiger partial charge in [-0.05, 0) is 46.1 Å². The van der Waals surface area contributed by atoms with Crippen molar-refractivity contribution in [3.63, 3.8) is 0 Å². The molecule has 0 aromatic rings. The second-order valence-corrected chi connectivity index (χ2v) is 5.21. The maximum absolute atomic E-state index is 5.91. The molecule has 106 valence electrons. The summed E-state index contributed by atoms with van der Waals surface area (Å²) in [5, 5.41) is 0.711. The molecule has 3 heteroatoms. The first-order chi connectivity index (χ1) is 8.88. The Bertz CT molecular complexity index is 374. The fourth-order valence-electron chi connectivity index (χ4n) is 1.59. The van der Waals surface area contributed by atoms with Gasteiger partial charge in [-0.25, -0.2) is 0 Å². The van der Waals surface area contributed by atoms with Crippen molar-refractivity contribution >= 4 is 11.6 Å². The summed E-state index contributed by atoms with van der Waals surface area (Å²) in [7, 11) is 4.13. The first kappa shape index (κ1) is 17.8. The molecule has 0 aliphatic heterocycles. The Morgan fingerprint density at radius 1 is 1.16 bits per heavy atom. The van der Waals surface area contributed by atoms with Crippen molar-refractivity contribution < 1.29 is 0 Å². The van der Waals surface area contributed by atoms with Gasteiger partial charge in [0.1, 0.15) is 0 Å². The molecule has 0 atom stereocenters. The topological polar surface area (TPSA) is 6.48 Å². The normalized spacial score (nSPS) is 11.9. The molecule has 0 aliphatic carbocycles. The third kappa shape index (κ3) is 8.46. The zero-order valence-electron chi connectivity index (χ0n) is 12.3. The fraction of sp³-hybridized carbons (Fsp3) is 0.375. The molecule has 0 fully saturated rings. The van der Waals surface area contributed by atoms with Crippen LogP contribution in [0.15, 0.2) is 60.5 Å². The summed E-state index contributed by atoms with van der Waals surface area (Å²) in [5.74, 6) is 0. The lowest BCUT2D eigenvalue weighted by Gasteiger charge is -2.26. The summed E-state index contributed by atoms with van der Waals surface area (Å²) in [6, 6.07) is 0. The monoisotopic (exact) mass is 280 g/mol. The van der Waals surface area contributed by atoms with Crippen LogP contribution in [-0.4, -0.2) is 37.0 Å². The van der Waals surface area contributed by atoms with Crippen molar-refractivity contribution in [2.45, 2.75) is 13.3 Å². The summed E-state index contributed by atoms with van der Waals surface area (Å²) in [6.45, 7) is 15.5. The van der Waals surface area contributed by atoms with Gasteiger partial charge in [0.2, 0.25) is 0 Å². The minimum Gasteiger partial charge on any atom is -0.342 e. The van der Waals surface area contributed by atoms with Gasteiger partial charge in [0, 0.05) is 23.0 Å². The highest BCUT2D eigenvalue weighted by Crippen LogP contribution is 2.16. The zero-order chi connectivity index (χ0) is 14.8. The molecule has 0 saturated carbocycles. The molecule has 0 spiro atoms. The highest BCUT2D eigenvalue weighted by molar-refractivity contribution is 6.29. The number of allylic oxidation sites excluding steroid dienone is 5. The first-order valence-corrected chi connectivity index (χ1v) is 6.69. The van der Waals surface area contributed by atoms with Crippen molar-refractivity contribution in [3.8, 4) is 0 Å². The minimum absolute atomic E-state index is 0.711. The average molecular weight is 281 g/mol. The predicted octanol–water partition coefficient (Wildman–Crippen LogP) is 4.15. The van der Waals surface area contributed by atoms with Gasteiger partial charge in [0.15, 0.2) is 0 Å². The molecule has 0 amide bonds. The van der Waals surface area contributed by atoms with E-state index in [2.05, 4.69) is 43.6 Å². The summed E-state index contributed by atoms with van der Waals surface area (Å²) in [5.41, 5.74) is 1.74. The first-order valence-electron chi connectivity index (χ1n) is 6.31. The van der Waals surface area contributed by atoms with Crippen LogP contribution in [0.2, 0.25) is 0 Å². The maximum atomic E-state index is 5.91. The van der Waals surface area contributed by atoms with Crippen LogP contribution in [0.1, 0.15) is 13.3 Å². The van der Waals surface area contributed by atoms with E-state index in [1.807, 2.05) is 25.2 Å². The van der Waals surface area contributed by atoms with E-state index in [9.17, 15) is 0 Å². The molecule has 0 aliphatic rings. The smallest absolute Gasteiger partial charge is 0.0349 e. The molecule has 0 radical (unpaired) electrons. The van der Waals surface area contributed by atoms with Crippen LogP contribution in [-0.2, 0) is 0 Å². The third-order valence-corrected chi connectivity index (χ3v) is 2.58. The van der Waals surface area contributed by atoms with E-state index in [0.717, 1.165) is 30.9 Å². The van der Waals surface area contributed by atoms with Crippen molar-refractivity contribution in [1.29, 1.82) is 0 Å². The SMILES string of the molecule is C=C/C=C\C(=C)N(CCCN(C)C)C(=C)/C=C(\C)Cl. The highest BCUT2D eigenvalue weighted by atomic mass is 35.5. The third-order valence-electron chi connectivity index (χ3n) is 2.47. The van der Waals surface area contributed by atoms with Crippen LogP contribution in [0.25, 0.3) is 0 Å². The lowest BCUT2D eigenvalue weighted by molar-refractivity contribution is 0.358. The number of nitrogens with zero attached hydrogens (tertiary/aromatic N) is 2. The van der Waals surface area contributed by atoms with Gasteiger partial charge in [0.25, 0.3) is 0 Å². The van der Waals surface area contributed by atoms with Crippen LogP contribution >= 0.6 is 11.6 Å². The van der Waals surface area contributed by atoms with E-state index in [-0.39, 0.29) is 0 Å². The lowest BCUT2D eigenvalue weighted by Crippen LogP contribution is -2.24. The molecule has 0 N–H and O–H groups in total. The Hall–Kier alpha value is -1.25. The van der Waals surface area contributed by atoms with E-state index < -0.39 is 0 Å². The molecule has 0 saturated heterocycles. The van der Waals surface area contributed by atoms with Gasteiger partial charge in [-0.15, -0.1) is 0 Å². The summed E-state index contributed by atoms with van der Waals surface area (Å²) in [4.78, 5) is 4.22. The van der Waals surface area contributed by atoms with Crippen molar-refractivity contribution in [2.75, 3.05) is 27.2 Å². The fourth-order valence-corrected chi connectivity index (χ4v) is 1.72. The average Bonchev–Trinajstić information content (AvgIpc) is 2.30. The Balaban J connectivity index is 4.77. The standard InChI is InChI=1S/C16H25ClN2/c1-7-8-10-15(3)19(12-9-11-18(5)6)16(4)13-14(2)17/h7-8,10,13H,1,3-4,9,11-12H2,2,5-6H3/b10-8-,14-13+. The second kappa shape index (κ2) is 9.65. The number of rotatable bonds is 9. The van der Waals surface area contributed by atoms with Gasteiger partial charge in [-0.2, -0.15) is 0 Å². The molecule has 0 aromatic carbocycles. The number of hydrogen-bond acceptors (Lipinski definition) is 2. The highest BCUT2D eigenvalue weighted by Gasteiger charge is 2.08. The largest absolute Gasteiger partial charge is 0.342 e. The van der Waals surface area contributed by atoms with Crippen LogP contribution < -0.4 is 0 Å². The second-order valence-electron chi connectivity index (χ2n) is 4.62. The van der Waals surface area contributed by atoms with Crippen LogP contribution in [0, 0.1) is 0 Å². The van der Waals surface area contributed by atoms with E-state index >= 15 is 0 Å². The van der Waals surface area contributed by atoms with Crippen LogP contribution in [0.4, 0.5) is 0 Å². The zero-order valence-corrected chi connectivity index (χ0v) is 13.1. The van der Waals surface area contributed by atoms with E-state index in [0.29, 0.717) is 5.03 Å². The number of hydrogen-bond donors (Lipinski definition) is 0. The summed E-state index contributed by atoms with van der Waals surface area (Å²) in [6.07, 6.45) is 8.40. The van der Waals surface area contributed by atoms with Gasteiger partial charge in [0.05, 0.1) is 0 Å².